The molecule has 6 nitrogen and oxygen atoms in total. The molecular weight excluding hydrogens is 366 g/mol. The summed E-state index contributed by atoms with van der Waals surface area (Å²) in [5.41, 5.74) is 0.204. The third-order valence-corrected chi connectivity index (χ3v) is 6.71. The largest absolute Gasteiger partial charge is 0.339 e. The Morgan fingerprint density at radius 3 is 2.62 bits per heavy atom. The molecule has 142 valence electrons. The molecule has 2 aliphatic rings. The van der Waals surface area contributed by atoms with Crippen LogP contribution in [-0.2, 0) is 19.4 Å². The average Bonchev–Trinajstić information content (AvgIpc) is 3.13. The molecule has 2 amide bonds. The summed E-state index contributed by atoms with van der Waals surface area (Å²) in [6.07, 6.45) is 0.364. The van der Waals surface area contributed by atoms with E-state index in [9.17, 15) is 26.8 Å². The lowest BCUT2D eigenvalue weighted by atomic mass is 10.1. The van der Waals surface area contributed by atoms with Crippen molar-refractivity contribution in [3.05, 3.63) is 29.8 Å². The number of hydrogen-bond donors (Lipinski definition) is 0. The number of anilines is 1. The van der Waals surface area contributed by atoms with Crippen molar-refractivity contribution in [1.29, 1.82) is 0 Å². The van der Waals surface area contributed by atoms with Gasteiger partial charge >= 0.3 is 0 Å². The molecule has 9 heteroatoms. The second-order valence-corrected chi connectivity index (χ2v) is 8.91. The van der Waals surface area contributed by atoms with Crippen molar-refractivity contribution in [2.75, 3.05) is 29.5 Å². The van der Waals surface area contributed by atoms with Gasteiger partial charge in [-0.25, -0.2) is 17.2 Å². The van der Waals surface area contributed by atoms with Gasteiger partial charge in [0, 0.05) is 37.3 Å². The standard InChI is InChI=1S/C17H20F2N2O4S/c1-2-20(13-5-6-26(24,25)10-13)17(23)11-7-16(22)21(9-11)12-3-4-14(18)15(19)8-12/h3-4,8,11,13H,2,5-7,9-10H2,1H3. The molecule has 2 fully saturated rings. The zero-order valence-corrected chi connectivity index (χ0v) is 15.1. The van der Waals surface area contributed by atoms with E-state index in [0.717, 1.165) is 12.1 Å². The van der Waals surface area contributed by atoms with Crippen LogP contribution in [0, 0.1) is 17.6 Å². The van der Waals surface area contributed by atoms with Crippen molar-refractivity contribution in [1.82, 2.24) is 4.90 Å². The zero-order valence-electron chi connectivity index (χ0n) is 14.3. The first kappa shape index (κ1) is 18.8. The fourth-order valence-corrected chi connectivity index (χ4v) is 5.36. The highest BCUT2D eigenvalue weighted by Gasteiger charge is 2.41. The van der Waals surface area contributed by atoms with Gasteiger partial charge in [-0.05, 0) is 25.5 Å². The summed E-state index contributed by atoms with van der Waals surface area (Å²) >= 11 is 0. The van der Waals surface area contributed by atoms with Gasteiger partial charge in [0.25, 0.3) is 0 Å². The smallest absolute Gasteiger partial charge is 0.228 e. The molecule has 0 bridgehead atoms. The van der Waals surface area contributed by atoms with Gasteiger partial charge in [0.2, 0.25) is 11.8 Å². The van der Waals surface area contributed by atoms with Crippen molar-refractivity contribution in [2.24, 2.45) is 5.92 Å². The second-order valence-electron chi connectivity index (χ2n) is 6.68. The first-order valence-corrected chi connectivity index (χ1v) is 10.3. The molecule has 0 N–H and O–H groups in total. The fourth-order valence-electron chi connectivity index (χ4n) is 3.63. The number of carbonyl (C=O) groups is 2. The minimum absolute atomic E-state index is 0.0339. The number of nitrogens with zero attached hydrogens (tertiary/aromatic N) is 2. The van der Waals surface area contributed by atoms with Gasteiger partial charge in [0.1, 0.15) is 0 Å². The quantitative estimate of drug-likeness (QED) is 0.783. The summed E-state index contributed by atoms with van der Waals surface area (Å²) < 4.78 is 49.9. The van der Waals surface area contributed by atoms with Crippen molar-refractivity contribution in [3.63, 3.8) is 0 Å². The Bertz CT molecular complexity index is 843. The van der Waals surface area contributed by atoms with Gasteiger partial charge in [-0.1, -0.05) is 0 Å². The van der Waals surface area contributed by atoms with Gasteiger partial charge in [-0.3, -0.25) is 9.59 Å². The van der Waals surface area contributed by atoms with E-state index in [0.29, 0.717) is 13.0 Å². The van der Waals surface area contributed by atoms with Gasteiger partial charge in [-0.2, -0.15) is 0 Å². The van der Waals surface area contributed by atoms with E-state index in [4.69, 9.17) is 0 Å². The Balaban J connectivity index is 1.74. The van der Waals surface area contributed by atoms with Gasteiger partial charge in [-0.15, -0.1) is 0 Å². The van der Waals surface area contributed by atoms with E-state index in [1.54, 1.807) is 6.92 Å². The maximum atomic E-state index is 13.4. The first-order chi connectivity index (χ1) is 12.2. The minimum atomic E-state index is -3.13. The van der Waals surface area contributed by atoms with E-state index in [-0.39, 0.29) is 48.0 Å². The zero-order chi connectivity index (χ0) is 19.1. The molecule has 0 radical (unpaired) electrons. The molecule has 0 saturated carbocycles. The molecule has 1 aromatic rings. The summed E-state index contributed by atoms with van der Waals surface area (Å²) in [5.74, 6) is -3.30. The highest BCUT2D eigenvalue weighted by molar-refractivity contribution is 7.91. The Morgan fingerprint density at radius 1 is 1.31 bits per heavy atom. The maximum absolute atomic E-state index is 13.4. The molecule has 26 heavy (non-hydrogen) atoms. The number of carbonyl (C=O) groups excluding carboxylic acids is 2. The molecule has 0 aliphatic carbocycles. The Hall–Kier alpha value is -2.03. The number of sulfone groups is 1. The van der Waals surface area contributed by atoms with Crippen LogP contribution in [0.15, 0.2) is 18.2 Å². The minimum Gasteiger partial charge on any atom is -0.339 e. The van der Waals surface area contributed by atoms with Gasteiger partial charge < -0.3 is 9.80 Å². The number of amides is 2. The Morgan fingerprint density at radius 2 is 2.04 bits per heavy atom. The summed E-state index contributed by atoms with van der Waals surface area (Å²) in [4.78, 5) is 27.9. The van der Waals surface area contributed by atoms with Crippen LogP contribution in [0.1, 0.15) is 19.8 Å². The molecule has 1 aromatic carbocycles. The van der Waals surface area contributed by atoms with Crippen molar-refractivity contribution in [3.8, 4) is 0 Å². The van der Waals surface area contributed by atoms with E-state index in [1.807, 2.05) is 0 Å². The van der Waals surface area contributed by atoms with Crippen LogP contribution >= 0.6 is 0 Å². The van der Waals surface area contributed by atoms with Gasteiger partial charge in [0.05, 0.1) is 17.4 Å². The topological polar surface area (TPSA) is 74.8 Å². The maximum Gasteiger partial charge on any atom is 0.228 e. The lowest BCUT2D eigenvalue weighted by Crippen LogP contribution is -2.44. The SMILES string of the molecule is CCN(C(=O)C1CC(=O)N(c2ccc(F)c(F)c2)C1)C1CCS(=O)(=O)C1. The lowest BCUT2D eigenvalue weighted by molar-refractivity contribution is -0.137. The highest BCUT2D eigenvalue weighted by atomic mass is 32.2. The third-order valence-electron chi connectivity index (χ3n) is 4.96. The van der Waals surface area contributed by atoms with Crippen LogP contribution in [0.5, 0.6) is 0 Å². The van der Waals surface area contributed by atoms with Crippen LogP contribution in [0.25, 0.3) is 0 Å². The van der Waals surface area contributed by atoms with Crippen molar-refractivity contribution < 1.29 is 26.8 Å². The lowest BCUT2D eigenvalue weighted by Gasteiger charge is -2.29. The van der Waals surface area contributed by atoms with E-state index in [1.165, 1.54) is 15.9 Å². The monoisotopic (exact) mass is 386 g/mol. The molecule has 2 atom stereocenters. The summed E-state index contributed by atoms with van der Waals surface area (Å²) in [7, 11) is -3.13. The van der Waals surface area contributed by atoms with Gasteiger partial charge in [0.15, 0.2) is 21.5 Å². The van der Waals surface area contributed by atoms with Crippen LogP contribution in [0.4, 0.5) is 14.5 Å². The predicted molar refractivity (Wildman–Crippen MR) is 91.3 cm³/mol. The first-order valence-electron chi connectivity index (χ1n) is 8.48. The normalized spacial score (nSPS) is 24.9. The molecule has 2 aliphatic heterocycles. The van der Waals surface area contributed by atoms with Crippen LogP contribution in [-0.4, -0.2) is 55.8 Å². The highest BCUT2D eigenvalue weighted by Crippen LogP contribution is 2.29. The summed E-state index contributed by atoms with van der Waals surface area (Å²) in [6, 6.07) is 2.80. The average molecular weight is 386 g/mol. The van der Waals surface area contributed by atoms with Crippen LogP contribution in [0.3, 0.4) is 0 Å². The summed E-state index contributed by atoms with van der Waals surface area (Å²) in [5, 5.41) is 0. The van der Waals surface area contributed by atoms with Crippen molar-refractivity contribution >= 4 is 27.3 Å². The van der Waals surface area contributed by atoms with E-state index >= 15 is 0 Å². The fraction of sp³-hybridized carbons (Fsp3) is 0.529. The third kappa shape index (κ3) is 3.58. The number of halogens is 2. The van der Waals surface area contributed by atoms with E-state index in [2.05, 4.69) is 0 Å². The molecule has 2 heterocycles. The Labute approximate surface area is 150 Å². The van der Waals surface area contributed by atoms with Crippen LogP contribution in [0.2, 0.25) is 0 Å². The molecule has 2 unspecified atom stereocenters. The molecular formula is C17H20F2N2O4S. The van der Waals surface area contributed by atoms with Crippen molar-refractivity contribution in [2.45, 2.75) is 25.8 Å². The van der Waals surface area contributed by atoms with E-state index < -0.39 is 27.4 Å². The Kier molecular flexibility index (Phi) is 5.01. The van der Waals surface area contributed by atoms with Crippen LogP contribution < -0.4 is 4.90 Å². The second kappa shape index (κ2) is 6.94. The number of benzene rings is 1. The summed E-state index contributed by atoms with van der Waals surface area (Å²) in [6.45, 7) is 2.19. The molecule has 3 rings (SSSR count). The molecule has 0 aromatic heterocycles. The predicted octanol–water partition coefficient (Wildman–Crippen LogP) is 1.35. The number of hydrogen-bond acceptors (Lipinski definition) is 4. The molecule has 2 saturated heterocycles. The number of rotatable bonds is 4. The molecule has 0 spiro atoms.